The van der Waals surface area contributed by atoms with Crippen molar-refractivity contribution in [1.82, 2.24) is 0 Å². The van der Waals surface area contributed by atoms with Crippen molar-refractivity contribution in [3.05, 3.63) is 0 Å². The summed E-state index contributed by atoms with van der Waals surface area (Å²) >= 11 is 0. The minimum atomic E-state index is -1.12. The van der Waals surface area contributed by atoms with E-state index < -0.39 is 33.4 Å². The summed E-state index contributed by atoms with van der Waals surface area (Å²) < 4.78 is 18.3. The van der Waals surface area contributed by atoms with Gasteiger partial charge >= 0.3 is 17.9 Å². The van der Waals surface area contributed by atoms with Gasteiger partial charge in [-0.3, -0.25) is 14.4 Å². The van der Waals surface area contributed by atoms with E-state index in [2.05, 4.69) is 13.8 Å². The van der Waals surface area contributed by atoms with E-state index in [1.807, 2.05) is 34.6 Å². The molecular formula is C35H56O7. The Morgan fingerprint density at radius 2 is 1.50 bits per heavy atom. The second-order valence-corrected chi connectivity index (χ2v) is 16.6. The van der Waals surface area contributed by atoms with E-state index in [0.29, 0.717) is 36.0 Å². The van der Waals surface area contributed by atoms with Gasteiger partial charge < -0.3 is 19.3 Å². The molecule has 5 aliphatic rings. The van der Waals surface area contributed by atoms with Gasteiger partial charge in [0.05, 0.1) is 22.9 Å². The standard InChI is InChI=1S/C35H56O7/c1-8-32(4,29(38)40-15-14-36)21-33(5,30(39)42-34(6)18-22-12-13-24(34)16-22)20-31(2,3)28(37)41-35(7)19-23-17-27(35)26-11-9-10-25(23)26/h22-27,36H,8-21H2,1-7H3. The summed E-state index contributed by atoms with van der Waals surface area (Å²) in [5.74, 6) is 2.46. The fourth-order valence-corrected chi connectivity index (χ4v) is 10.6. The summed E-state index contributed by atoms with van der Waals surface area (Å²) in [6, 6.07) is 0. The number of carbonyl (C=O) groups excluding carboxylic acids is 3. The lowest BCUT2D eigenvalue weighted by Crippen LogP contribution is -2.49. The van der Waals surface area contributed by atoms with Crippen LogP contribution in [0, 0.1) is 51.8 Å². The van der Waals surface area contributed by atoms with Crippen molar-refractivity contribution in [3.63, 3.8) is 0 Å². The molecule has 7 nitrogen and oxygen atoms in total. The highest BCUT2D eigenvalue weighted by Gasteiger charge is 2.62. The number of fused-ring (bicyclic) bond motifs is 7. The highest BCUT2D eigenvalue weighted by atomic mass is 16.6. The summed E-state index contributed by atoms with van der Waals surface area (Å²) in [5, 5.41) is 9.25. The topological polar surface area (TPSA) is 99.1 Å². The number of aliphatic hydroxyl groups excluding tert-OH is 1. The number of rotatable bonds is 12. The number of hydrogen-bond donors (Lipinski definition) is 1. The van der Waals surface area contributed by atoms with Crippen LogP contribution in [-0.4, -0.2) is 47.4 Å². The molecular weight excluding hydrogens is 532 g/mol. The number of aliphatic hydroxyl groups is 1. The van der Waals surface area contributed by atoms with Gasteiger partial charge in [0, 0.05) is 5.92 Å². The van der Waals surface area contributed by atoms with Crippen molar-refractivity contribution in [3.8, 4) is 0 Å². The van der Waals surface area contributed by atoms with Gasteiger partial charge in [-0.25, -0.2) is 0 Å². The zero-order valence-corrected chi connectivity index (χ0v) is 27.3. The fourth-order valence-electron chi connectivity index (χ4n) is 10.6. The van der Waals surface area contributed by atoms with E-state index in [9.17, 15) is 19.5 Å². The molecule has 0 heterocycles. The summed E-state index contributed by atoms with van der Waals surface area (Å²) in [4.78, 5) is 41.6. The number of carbonyl (C=O) groups is 3. The molecule has 5 aliphatic carbocycles. The molecule has 0 aliphatic heterocycles. The molecule has 4 bridgehead atoms. The predicted molar refractivity (Wildman–Crippen MR) is 159 cm³/mol. The molecule has 0 aromatic rings. The molecule has 0 amide bonds. The first-order valence-electron chi connectivity index (χ1n) is 16.8. The van der Waals surface area contributed by atoms with E-state index in [1.54, 1.807) is 0 Å². The van der Waals surface area contributed by atoms with Gasteiger partial charge in [0.2, 0.25) is 0 Å². The first-order valence-corrected chi connectivity index (χ1v) is 16.8. The smallest absolute Gasteiger partial charge is 0.312 e. The Bertz CT molecular complexity index is 1070. The lowest BCUT2D eigenvalue weighted by atomic mass is 9.65. The van der Waals surface area contributed by atoms with Gasteiger partial charge in [-0.15, -0.1) is 0 Å². The molecule has 10 atom stereocenters. The van der Waals surface area contributed by atoms with E-state index in [0.717, 1.165) is 38.0 Å². The Hall–Kier alpha value is -1.63. The van der Waals surface area contributed by atoms with Gasteiger partial charge in [-0.1, -0.05) is 13.3 Å². The Labute approximate surface area is 253 Å². The predicted octanol–water partition coefficient (Wildman–Crippen LogP) is 6.63. The third-order valence-electron chi connectivity index (χ3n) is 12.8. The molecule has 238 valence electrons. The lowest BCUT2D eigenvalue weighted by Gasteiger charge is -2.44. The van der Waals surface area contributed by atoms with Gasteiger partial charge in [0.15, 0.2) is 0 Å². The first-order chi connectivity index (χ1) is 19.6. The SMILES string of the molecule is CCC(C)(CC(C)(CC(C)(C)C(=O)OC1(C)CC2CC1C1CCCC21)C(=O)OC1(C)CC2CCC1C2)C(=O)OCCO. The third-order valence-corrected chi connectivity index (χ3v) is 12.8. The van der Waals surface area contributed by atoms with Crippen molar-refractivity contribution in [2.75, 3.05) is 13.2 Å². The first kappa shape index (κ1) is 31.8. The van der Waals surface area contributed by atoms with Crippen LogP contribution in [0.2, 0.25) is 0 Å². The normalized spacial score (nSPS) is 39.4. The second-order valence-electron chi connectivity index (χ2n) is 16.6. The van der Waals surface area contributed by atoms with Crippen LogP contribution >= 0.6 is 0 Å². The molecule has 1 N–H and O–H groups in total. The monoisotopic (exact) mass is 588 g/mol. The number of ether oxygens (including phenoxy) is 3. The average molecular weight is 589 g/mol. The number of hydrogen-bond acceptors (Lipinski definition) is 7. The fraction of sp³-hybridized carbons (Fsp3) is 0.914. The zero-order valence-electron chi connectivity index (χ0n) is 27.3. The molecule has 0 spiro atoms. The average Bonchev–Trinajstić information content (AvgIpc) is 3.72. The second kappa shape index (κ2) is 11.1. The maximum absolute atomic E-state index is 14.3. The molecule has 42 heavy (non-hydrogen) atoms. The van der Waals surface area contributed by atoms with E-state index in [4.69, 9.17) is 14.2 Å². The minimum absolute atomic E-state index is 0.0862. The molecule has 5 rings (SSSR count). The molecule has 7 heteroatoms. The Balaban J connectivity index is 1.36. The van der Waals surface area contributed by atoms with Gasteiger partial charge in [-0.05, 0) is 142 Å². The highest BCUT2D eigenvalue weighted by molar-refractivity contribution is 5.83. The van der Waals surface area contributed by atoms with Crippen LogP contribution < -0.4 is 0 Å². The van der Waals surface area contributed by atoms with Crippen molar-refractivity contribution in [2.24, 2.45) is 51.8 Å². The van der Waals surface area contributed by atoms with E-state index in [1.165, 1.54) is 25.7 Å². The molecule has 0 aromatic carbocycles. The van der Waals surface area contributed by atoms with E-state index >= 15 is 0 Å². The van der Waals surface area contributed by atoms with Crippen LogP contribution in [-0.2, 0) is 28.6 Å². The van der Waals surface area contributed by atoms with Crippen LogP contribution in [0.5, 0.6) is 0 Å². The molecule has 0 saturated heterocycles. The van der Waals surface area contributed by atoms with Crippen molar-refractivity contribution < 1.29 is 33.7 Å². The molecule has 5 saturated carbocycles. The molecule has 0 radical (unpaired) electrons. The third kappa shape index (κ3) is 5.54. The maximum Gasteiger partial charge on any atom is 0.312 e. The highest BCUT2D eigenvalue weighted by Crippen LogP contribution is 2.63. The van der Waals surface area contributed by atoms with Crippen molar-refractivity contribution in [2.45, 2.75) is 137 Å². The van der Waals surface area contributed by atoms with Crippen LogP contribution in [0.1, 0.15) is 126 Å². The quantitative estimate of drug-likeness (QED) is 0.202. The Morgan fingerprint density at radius 3 is 2.12 bits per heavy atom. The van der Waals surface area contributed by atoms with Crippen LogP contribution in [0.25, 0.3) is 0 Å². The van der Waals surface area contributed by atoms with Gasteiger partial charge in [0.25, 0.3) is 0 Å². The largest absolute Gasteiger partial charge is 0.463 e. The van der Waals surface area contributed by atoms with Crippen LogP contribution in [0.3, 0.4) is 0 Å². The molecule has 0 aromatic heterocycles. The van der Waals surface area contributed by atoms with Crippen molar-refractivity contribution in [1.29, 1.82) is 0 Å². The molecule has 10 unspecified atom stereocenters. The van der Waals surface area contributed by atoms with Crippen molar-refractivity contribution >= 4 is 17.9 Å². The Morgan fingerprint density at radius 1 is 0.810 bits per heavy atom. The van der Waals surface area contributed by atoms with Gasteiger partial charge in [-0.2, -0.15) is 0 Å². The molecule has 5 fully saturated rings. The summed E-state index contributed by atoms with van der Waals surface area (Å²) in [7, 11) is 0. The van der Waals surface area contributed by atoms with Gasteiger partial charge in [0.1, 0.15) is 17.8 Å². The number of esters is 3. The lowest BCUT2D eigenvalue weighted by molar-refractivity contribution is -0.187. The summed E-state index contributed by atoms with van der Waals surface area (Å²) in [5.41, 5.74) is -4.04. The van der Waals surface area contributed by atoms with Crippen LogP contribution in [0.15, 0.2) is 0 Å². The summed E-state index contributed by atoms with van der Waals surface area (Å²) in [6.45, 7) is 13.2. The maximum atomic E-state index is 14.3. The summed E-state index contributed by atoms with van der Waals surface area (Å²) in [6.07, 6.45) is 11.0. The van der Waals surface area contributed by atoms with E-state index in [-0.39, 0.29) is 38.0 Å². The van der Waals surface area contributed by atoms with Crippen LogP contribution in [0.4, 0.5) is 0 Å². The Kier molecular flexibility index (Phi) is 8.38. The minimum Gasteiger partial charge on any atom is -0.463 e. The zero-order chi connectivity index (χ0) is 30.7.